The average Bonchev–Trinajstić information content (AvgIpc) is 4.12. The number of ether oxygens (including phenoxy) is 2. The number of halogens is 1. The third-order valence-electron chi connectivity index (χ3n) is 14.1. The second-order valence-corrected chi connectivity index (χ2v) is 23.7. The number of alkyl carbamates (subject to hydrolysis) is 1. The van der Waals surface area contributed by atoms with Gasteiger partial charge in [-0.25, -0.2) is 9.78 Å². The second-order valence-electron chi connectivity index (χ2n) is 22.4. The number of benzene rings is 2. The first kappa shape index (κ1) is 59.9. The third kappa shape index (κ3) is 16.1. The predicted molar refractivity (Wildman–Crippen MR) is 290 cm³/mol. The molecule has 20 nitrogen and oxygen atoms in total. The number of thiazole rings is 1. The van der Waals surface area contributed by atoms with Crippen LogP contribution in [0.25, 0.3) is 10.4 Å². The summed E-state index contributed by atoms with van der Waals surface area (Å²) in [4.78, 5) is 117. The van der Waals surface area contributed by atoms with Crippen molar-refractivity contribution in [2.75, 3.05) is 26.2 Å². The number of β-amino-alcohol motifs (C(OH)–C–C–N with tert-alkyl or cyclic N) is 1. The van der Waals surface area contributed by atoms with E-state index in [0.29, 0.717) is 44.2 Å². The van der Waals surface area contributed by atoms with Crippen molar-refractivity contribution in [2.45, 2.75) is 174 Å². The van der Waals surface area contributed by atoms with Gasteiger partial charge in [-0.05, 0) is 101 Å². The average molecular weight is 1110 g/mol. The molecule has 0 saturated carbocycles. The van der Waals surface area contributed by atoms with Crippen molar-refractivity contribution in [3.05, 3.63) is 69.8 Å². The Bertz CT molecular complexity index is 2640. The Labute approximate surface area is 459 Å². The topological polar surface area (TPSA) is 272 Å². The molecule has 4 heterocycles. The number of primary amides is 1. The molecular formula is C55H76ClN9O11S. The number of amides is 8. The quantitative estimate of drug-likeness (QED) is 0.0916. The van der Waals surface area contributed by atoms with Crippen LogP contribution in [-0.4, -0.2) is 146 Å². The molecule has 22 heteroatoms. The van der Waals surface area contributed by atoms with E-state index < -0.39 is 89.0 Å². The SMILES string of the molecule is CC(=O)N1CC[C@H]2CC[C@@H](C(=O)N[C@@H](CCC(N)=O)COc3cccc(CCCC(=O)N[C@H](C(=O)N4C[C@H](O)C[C@H]4C(=O)N[C@@H](C)c4ccc(-c5scnc5C)cc4)C(C)(C)C)c3Cl)N2C(=O)[C@@H](NC(=O)OC(C)(C)C)C1. The van der Waals surface area contributed by atoms with Crippen molar-refractivity contribution < 1.29 is 52.9 Å². The molecule has 0 spiro atoms. The smallest absolute Gasteiger partial charge is 0.408 e. The Morgan fingerprint density at radius 3 is 2.26 bits per heavy atom. The molecule has 3 aliphatic rings. The fourth-order valence-corrected chi connectivity index (χ4v) is 11.1. The van der Waals surface area contributed by atoms with Crippen molar-refractivity contribution in [3.63, 3.8) is 0 Å². The maximum Gasteiger partial charge on any atom is 0.408 e. The van der Waals surface area contributed by atoms with Gasteiger partial charge >= 0.3 is 6.09 Å². The number of aryl methyl sites for hydroxylation is 2. The third-order valence-corrected chi connectivity index (χ3v) is 15.5. The lowest BCUT2D eigenvalue weighted by Crippen LogP contribution is -2.61. The summed E-state index contributed by atoms with van der Waals surface area (Å²) in [5.41, 5.74) is 9.21. The number of hydrogen-bond donors (Lipinski definition) is 6. The lowest BCUT2D eigenvalue weighted by Gasteiger charge is -2.38. The van der Waals surface area contributed by atoms with Crippen molar-refractivity contribution in [1.29, 1.82) is 0 Å². The Kier molecular flexibility index (Phi) is 20.1. The Morgan fingerprint density at radius 1 is 0.922 bits per heavy atom. The van der Waals surface area contributed by atoms with Gasteiger partial charge in [0.1, 0.15) is 42.1 Å². The number of aliphatic hydroxyl groups excluding tert-OH is 1. The molecule has 0 unspecified atom stereocenters. The van der Waals surface area contributed by atoms with Gasteiger partial charge < -0.3 is 56.3 Å². The van der Waals surface area contributed by atoms with Gasteiger partial charge in [0.25, 0.3) is 0 Å². The van der Waals surface area contributed by atoms with Crippen LogP contribution in [0.2, 0.25) is 5.02 Å². The van der Waals surface area contributed by atoms with Crippen LogP contribution < -0.4 is 31.7 Å². The van der Waals surface area contributed by atoms with E-state index in [1.165, 1.54) is 21.6 Å². The minimum atomic E-state index is -1.18. The summed E-state index contributed by atoms with van der Waals surface area (Å²) in [6.07, 6.45) is 0.268. The highest BCUT2D eigenvalue weighted by Crippen LogP contribution is 2.33. The van der Waals surface area contributed by atoms with Gasteiger partial charge in [-0.1, -0.05) is 68.8 Å². The van der Waals surface area contributed by atoms with Gasteiger partial charge in [0.2, 0.25) is 41.4 Å². The highest BCUT2D eigenvalue weighted by atomic mass is 35.5. The van der Waals surface area contributed by atoms with Crippen LogP contribution in [0.5, 0.6) is 5.75 Å². The first-order valence-electron chi connectivity index (χ1n) is 26.4. The summed E-state index contributed by atoms with van der Waals surface area (Å²) in [5, 5.41) is 22.5. The molecule has 6 rings (SSSR count). The van der Waals surface area contributed by atoms with E-state index in [0.717, 1.165) is 21.7 Å². The van der Waals surface area contributed by atoms with E-state index in [4.69, 9.17) is 26.8 Å². The van der Waals surface area contributed by atoms with Crippen molar-refractivity contribution in [1.82, 2.24) is 41.0 Å². The molecule has 3 fully saturated rings. The highest BCUT2D eigenvalue weighted by molar-refractivity contribution is 7.13. The number of rotatable bonds is 19. The predicted octanol–water partition coefficient (Wildman–Crippen LogP) is 5.10. The highest BCUT2D eigenvalue weighted by Gasteiger charge is 2.47. The molecule has 8 amide bonds. The summed E-state index contributed by atoms with van der Waals surface area (Å²) in [6.45, 7) is 15.8. The first-order valence-corrected chi connectivity index (χ1v) is 27.6. The number of carbonyl (C=O) groups is 8. The largest absolute Gasteiger partial charge is 0.490 e. The molecule has 3 aromatic rings. The summed E-state index contributed by atoms with van der Waals surface area (Å²) < 4.78 is 11.6. The van der Waals surface area contributed by atoms with Crippen LogP contribution in [0.3, 0.4) is 0 Å². The molecule has 420 valence electrons. The number of fused-ring (bicyclic) bond motifs is 1. The summed E-state index contributed by atoms with van der Waals surface area (Å²) in [5.74, 6) is -2.84. The minimum Gasteiger partial charge on any atom is -0.490 e. The number of carbonyl (C=O) groups excluding carboxylic acids is 8. The van der Waals surface area contributed by atoms with Gasteiger partial charge in [-0.3, -0.25) is 33.6 Å². The Morgan fingerprint density at radius 2 is 1.62 bits per heavy atom. The number of likely N-dealkylation sites (tertiary alicyclic amines) is 1. The van der Waals surface area contributed by atoms with E-state index in [9.17, 15) is 43.5 Å². The van der Waals surface area contributed by atoms with Crippen LogP contribution >= 0.6 is 22.9 Å². The monoisotopic (exact) mass is 1110 g/mol. The second kappa shape index (κ2) is 25.9. The summed E-state index contributed by atoms with van der Waals surface area (Å²) >= 11 is 8.44. The normalized spacial score (nSPS) is 20.9. The molecule has 0 aliphatic carbocycles. The lowest BCUT2D eigenvalue weighted by molar-refractivity contribution is -0.145. The molecule has 77 heavy (non-hydrogen) atoms. The van der Waals surface area contributed by atoms with Crippen LogP contribution in [0.15, 0.2) is 48.0 Å². The zero-order valence-electron chi connectivity index (χ0n) is 45.6. The molecule has 0 radical (unpaired) electrons. The molecule has 7 N–H and O–H groups in total. The number of nitrogens with zero attached hydrogens (tertiary/aromatic N) is 4. The maximum absolute atomic E-state index is 14.3. The number of hydrogen-bond acceptors (Lipinski definition) is 13. The number of aromatic nitrogens is 1. The molecule has 3 aliphatic heterocycles. The standard InChI is InChI=1S/C55H76ClN9O11S/c1-31(34-16-18-36(19-17-34)47-32(2)58-30-77-47)59-50(71)42-26-39(67)27-64(42)52(73)48(54(4,5)6)62-45(69)15-11-13-35-12-10-14-43(46(35)56)75-29-37(20-23-44(57)68)60-49(70)41-22-21-38-24-25-63(33(3)66)28-40(51(72)65(38)41)61-53(74)76-55(7,8)9/h10,12,14,16-19,30-31,37-42,48,67H,11,13,15,20-29H2,1-9H3,(H2,57,68)(H,59,71)(H,60,70)(H,61,74)(H,62,69)/t31-,37-,38+,39+,40-,41-,42-,48+/m0/s1. The van der Waals surface area contributed by atoms with Gasteiger partial charge in [0.05, 0.1) is 45.8 Å². The zero-order valence-corrected chi connectivity index (χ0v) is 47.2. The first-order chi connectivity index (χ1) is 36.2. The maximum atomic E-state index is 14.3. The molecule has 3 saturated heterocycles. The Balaban J connectivity index is 1.04. The molecule has 1 aromatic heterocycles. The fraction of sp³-hybridized carbons (Fsp3) is 0.582. The number of nitrogens with two attached hydrogens (primary N) is 1. The van der Waals surface area contributed by atoms with E-state index in [1.807, 2.05) is 58.9 Å². The van der Waals surface area contributed by atoms with Gasteiger partial charge in [0.15, 0.2) is 0 Å². The van der Waals surface area contributed by atoms with Crippen molar-refractivity contribution >= 4 is 70.4 Å². The molecule has 8 atom stereocenters. The fourth-order valence-electron chi connectivity index (χ4n) is 10.0. The van der Waals surface area contributed by atoms with Crippen LogP contribution in [0.4, 0.5) is 4.79 Å². The van der Waals surface area contributed by atoms with E-state index in [-0.39, 0.29) is 74.0 Å². The molecular weight excluding hydrogens is 1030 g/mol. The van der Waals surface area contributed by atoms with E-state index in [2.05, 4.69) is 26.3 Å². The Hall–Kier alpha value is -6.32. The van der Waals surface area contributed by atoms with Crippen LogP contribution in [0.1, 0.15) is 130 Å². The van der Waals surface area contributed by atoms with Gasteiger partial charge in [-0.2, -0.15) is 0 Å². The van der Waals surface area contributed by atoms with E-state index in [1.54, 1.807) is 55.8 Å². The lowest BCUT2D eigenvalue weighted by atomic mass is 9.85. The summed E-state index contributed by atoms with van der Waals surface area (Å²) in [6, 6.07) is 7.45. The minimum absolute atomic E-state index is 0.0300. The van der Waals surface area contributed by atoms with Gasteiger partial charge in [-0.15, -0.1) is 11.3 Å². The van der Waals surface area contributed by atoms with Crippen molar-refractivity contribution in [2.24, 2.45) is 11.1 Å². The number of aliphatic hydroxyl groups is 1. The van der Waals surface area contributed by atoms with Gasteiger partial charge in [0, 0.05) is 45.3 Å². The van der Waals surface area contributed by atoms with Crippen molar-refractivity contribution in [3.8, 4) is 16.2 Å². The van der Waals surface area contributed by atoms with Crippen LogP contribution in [0, 0.1) is 12.3 Å². The van der Waals surface area contributed by atoms with Crippen LogP contribution in [-0.2, 0) is 44.7 Å². The zero-order chi connectivity index (χ0) is 56.5. The van der Waals surface area contributed by atoms with E-state index >= 15 is 0 Å². The summed E-state index contributed by atoms with van der Waals surface area (Å²) in [7, 11) is 0. The number of nitrogens with one attached hydrogen (secondary N) is 4. The molecule has 2 aromatic carbocycles. The molecule has 0 bridgehead atoms.